The number of fused-ring (bicyclic) bond motifs is 1. The fourth-order valence-corrected chi connectivity index (χ4v) is 7.29. The van der Waals surface area contributed by atoms with Crippen molar-refractivity contribution in [2.45, 2.75) is 76.8 Å². The molecule has 3 aromatic rings. The Morgan fingerprint density at radius 2 is 1.80 bits per heavy atom. The quantitative estimate of drug-likeness (QED) is 0.283. The molecule has 0 bridgehead atoms. The molecule has 3 amide bonds. The van der Waals surface area contributed by atoms with Gasteiger partial charge in [-0.15, -0.1) is 0 Å². The van der Waals surface area contributed by atoms with E-state index in [1.54, 1.807) is 48.0 Å². The Balaban J connectivity index is 1.12. The number of alkyl halides is 2. The van der Waals surface area contributed by atoms with Crippen molar-refractivity contribution in [1.82, 2.24) is 19.4 Å². The number of carbonyl (C=O) groups excluding carboxylic acids is 2. The summed E-state index contributed by atoms with van der Waals surface area (Å²) in [5, 5.41) is 4.51. The molecule has 2 aliphatic heterocycles. The largest absolute Gasteiger partial charge is 0.497 e. The van der Waals surface area contributed by atoms with Crippen LogP contribution < -0.4 is 14.4 Å². The van der Waals surface area contributed by atoms with Crippen LogP contribution in [0.2, 0.25) is 0 Å². The molecule has 2 saturated heterocycles. The van der Waals surface area contributed by atoms with Gasteiger partial charge in [-0.05, 0) is 87.2 Å². The second kappa shape index (κ2) is 12.9. The van der Waals surface area contributed by atoms with E-state index in [9.17, 15) is 18.4 Å². The van der Waals surface area contributed by atoms with E-state index in [1.165, 1.54) is 10.5 Å². The number of likely N-dealkylation sites (tertiary alicyclic amines) is 1. The van der Waals surface area contributed by atoms with Gasteiger partial charge in [0.05, 0.1) is 38.2 Å². The van der Waals surface area contributed by atoms with Crippen LogP contribution in [0.25, 0.3) is 5.52 Å². The van der Waals surface area contributed by atoms with Crippen LogP contribution in [-0.4, -0.2) is 77.2 Å². The van der Waals surface area contributed by atoms with Crippen molar-refractivity contribution in [1.29, 1.82) is 0 Å². The molecular formula is C34H43F2N5O4. The monoisotopic (exact) mass is 623 g/mol. The first-order valence-corrected chi connectivity index (χ1v) is 16.0. The van der Waals surface area contributed by atoms with Gasteiger partial charge in [-0.3, -0.25) is 14.6 Å². The predicted octanol–water partition coefficient (Wildman–Crippen LogP) is 6.18. The Kier molecular flexibility index (Phi) is 8.99. The summed E-state index contributed by atoms with van der Waals surface area (Å²) in [7, 11) is 3.12. The average Bonchev–Trinajstić information content (AvgIpc) is 3.44. The number of imide groups is 1. The molecule has 1 aliphatic carbocycles. The number of nitrogens with zero attached hydrogens (tertiary/aromatic N) is 5. The van der Waals surface area contributed by atoms with E-state index >= 15 is 0 Å². The van der Waals surface area contributed by atoms with Gasteiger partial charge in [-0.1, -0.05) is 0 Å². The predicted molar refractivity (Wildman–Crippen MR) is 167 cm³/mol. The number of hydrogen-bond acceptors (Lipinski definition) is 6. The highest BCUT2D eigenvalue weighted by atomic mass is 19.3. The van der Waals surface area contributed by atoms with E-state index in [2.05, 4.69) is 29.1 Å². The molecule has 45 heavy (non-hydrogen) atoms. The minimum Gasteiger partial charge on any atom is -0.497 e. The Hall–Kier alpha value is -3.73. The molecule has 6 rings (SSSR count). The van der Waals surface area contributed by atoms with Crippen LogP contribution in [0.15, 0.2) is 42.7 Å². The van der Waals surface area contributed by atoms with Gasteiger partial charge in [-0.2, -0.15) is 5.10 Å². The van der Waals surface area contributed by atoms with Crippen molar-refractivity contribution in [3.63, 3.8) is 0 Å². The van der Waals surface area contributed by atoms with Gasteiger partial charge in [0, 0.05) is 56.2 Å². The van der Waals surface area contributed by atoms with E-state index in [-0.39, 0.29) is 44.3 Å². The first kappa shape index (κ1) is 31.3. The van der Waals surface area contributed by atoms with Gasteiger partial charge >= 0.3 is 6.03 Å². The number of hydrogen-bond donors (Lipinski definition) is 0. The lowest BCUT2D eigenvalue weighted by Crippen LogP contribution is -2.52. The molecule has 0 radical (unpaired) electrons. The van der Waals surface area contributed by atoms with Crippen LogP contribution in [0.3, 0.4) is 0 Å². The standard InChI is InChI=1S/C34H43F2N5O4/c1-23-16-25(8-13-38(23)21-24-6-11-34(35,36)12-7-24)17-26-9-15-41-29(18-26)30(20-37-41)39-14-10-32(42)40(33(39)43)22-27-4-5-28(44-2)19-31(27)45-3/h4-5,9,15,18-20,23-25H,6-8,10-14,16-17,21-22H2,1-3H3/t23-,25+/m0/s1. The molecule has 3 fully saturated rings. The topological polar surface area (TPSA) is 79.6 Å². The van der Waals surface area contributed by atoms with Crippen molar-refractivity contribution in [2.24, 2.45) is 11.8 Å². The number of amides is 3. The summed E-state index contributed by atoms with van der Waals surface area (Å²) in [6.45, 7) is 4.55. The molecule has 2 atom stereocenters. The Bertz CT molecular complexity index is 1530. The number of urea groups is 1. The van der Waals surface area contributed by atoms with Gasteiger partial charge in [0.15, 0.2) is 0 Å². The van der Waals surface area contributed by atoms with Crippen molar-refractivity contribution < 1.29 is 27.8 Å². The Labute approximate surface area is 263 Å². The number of carbonyl (C=O) groups is 2. The molecule has 1 saturated carbocycles. The van der Waals surface area contributed by atoms with Crippen LogP contribution in [-0.2, 0) is 17.8 Å². The Morgan fingerprint density at radius 1 is 1.00 bits per heavy atom. The summed E-state index contributed by atoms with van der Waals surface area (Å²) in [6, 6.07) is 9.57. The highest BCUT2D eigenvalue weighted by Crippen LogP contribution is 2.38. The molecule has 0 unspecified atom stereocenters. The summed E-state index contributed by atoms with van der Waals surface area (Å²) in [4.78, 5) is 32.1. The zero-order chi connectivity index (χ0) is 31.7. The second-order valence-corrected chi connectivity index (χ2v) is 13.0. The number of rotatable bonds is 9. The number of halogens is 2. The summed E-state index contributed by atoms with van der Waals surface area (Å²) in [5.74, 6) is -0.641. The van der Waals surface area contributed by atoms with Crippen molar-refractivity contribution in [2.75, 3.05) is 38.8 Å². The number of anilines is 1. The van der Waals surface area contributed by atoms with Crippen LogP contribution >= 0.6 is 0 Å². The smallest absolute Gasteiger partial charge is 0.331 e. The fourth-order valence-electron chi connectivity index (χ4n) is 7.29. The van der Waals surface area contributed by atoms with Crippen LogP contribution in [0, 0.1) is 11.8 Å². The first-order valence-electron chi connectivity index (χ1n) is 16.0. The lowest BCUT2D eigenvalue weighted by Gasteiger charge is -2.41. The molecule has 2 aromatic heterocycles. The molecule has 9 nitrogen and oxygen atoms in total. The number of piperidine rings is 1. The van der Waals surface area contributed by atoms with Gasteiger partial charge < -0.3 is 14.4 Å². The molecule has 0 spiro atoms. The molecule has 3 aliphatic rings. The van der Waals surface area contributed by atoms with E-state index in [0.717, 1.165) is 37.9 Å². The summed E-state index contributed by atoms with van der Waals surface area (Å²) in [6.07, 6.45) is 8.19. The minimum atomic E-state index is -2.48. The van der Waals surface area contributed by atoms with Gasteiger partial charge in [0.1, 0.15) is 11.5 Å². The number of pyridine rings is 1. The highest BCUT2D eigenvalue weighted by molar-refractivity contribution is 6.07. The molecule has 242 valence electrons. The fraction of sp³-hybridized carbons (Fsp3) is 0.559. The van der Waals surface area contributed by atoms with Crippen LogP contribution in [0.1, 0.15) is 63.0 Å². The Morgan fingerprint density at radius 3 is 2.53 bits per heavy atom. The summed E-state index contributed by atoms with van der Waals surface area (Å²) >= 11 is 0. The van der Waals surface area contributed by atoms with Crippen LogP contribution in [0.5, 0.6) is 11.5 Å². The summed E-state index contributed by atoms with van der Waals surface area (Å²) < 4.78 is 39.8. The molecule has 1 aromatic carbocycles. The average molecular weight is 624 g/mol. The SMILES string of the molecule is COc1ccc(CN2C(=O)CCN(c3cnn4ccc(C[C@@H]5CCN(CC6CCC(F)(F)CC6)[C@@H](C)C5)cc34)C2=O)c(OC)c1. The number of methoxy groups -OCH3 is 2. The normalized spacial score (nSPS) is 23.1. The number of ether oxygens (including phenoxy) is 2. The molecular weight excluding hydrogens is 580 g/mol. The first-order chi connectivity index (χ1) is 21.6. The minimum absolute atomic E-state index is 0.0242. The molecule has 11 heteroatoms. The van der Waals surface area contributed by atoms with E-state index in [0.29, 0.717) is 53.5 Å². The van der Waals surface area contributed by atoms with Crippen molar-refractivity contribution >= 4 is 23.1 Å². The van der Waals surface area contributed by atoms with Crippen molar-refractivity contribution in [3.05, 3.63) is 53.9 Å². The third-order valence-electron chi connectivity index (χ3n) is 9.97. The zero-order valence-corrected chi connectivity index (χ0v) is 26.4. The maximum atomic E-state index is 13.7. The zero-order valence-electron chi connectivity index (χ0n) is 26.4. The number of aromatic nitrogens is 2. The number of benzene rings is 1. The van der Waals surface area contributed by atoms with Gasteiger partial charge in [0.2, 0.25) is 11.8 Å². The lowest BCUT2D eigenvalue weighted by molar-refractivity contribution is -0.129. The van der Waals surface area contributed by atoms with Crippen molar-refractivity contribution in [3.8, 4) is 11.5 Å². The van der Waals surface area contributed by atoms with Gasteiger partial charge in [-0.25, -0.2) is 18.1 Å². The molecule has 0 N–H and O–H groups in total. The second-order valence-electron chi connectivity index (χ2n) is 13.0. The third-order valence-corrected chi connectivity index (χ3v) is 9.97. The van der Waals surface area contributed by atoms with E-state index < -0.39 is 5.92 Å². The maximum absolute atomic E-state index is 13.7. The van der Waals surface area contributed by atoms with E-state index in [4.69, 9.17) is 9.47 Å². The van der Waals surface area contributed by atoms with E-state index in [1.807, 2.05) is 6.20 Å². The summed E-state index contributed by atoms with van der Waals surface area (Å²) in [5.41, 5.74) is 3.41. The van der Waals surface area contributed by atoms with Crippen LogP contribution in [0.4, 0.5) is 19.3 Å². The highest BCUT2D eigenvalue weighted by Gasteiger charge is 2.37. The maximum Gasteiger partial charge on any atom is 0.331 e. The van der Waals surface area contributed by atoms with Gasteiger partial charge in [0.25, 0.3) is 0 Å². The lowest BCUT2D eigenvalue weighted by atomic mass is 9.83. The molecule has 4 heterocycles. The third kappa shape index (κ3) is 6.78.